The van der Waals surface area contributed by atoms with E-state index in [-0.39, 0.29) is 5.91 Å². The van der Waals surface area contributed by atoms with Crippen LogP contribution in [-0.4, -0.2) is 16.9 Å². The summed E-state index contributed by atoms with van der Waals surface area (Å²) in [6.07, 6.45) is 0. The zero-order valence-corrected chi connectivity index (χ0v) is 17.2. The van der Waals surface area contributed by atoms with E-state index in [4.69, 9.17) is 11.6 Å². The number of aryl methyl sites for hydroxylation is 3. The second-order valence-electron chi connectivity index (χ2n) is 6.28. The molecule has 0 unspecified atom stereocenters. The van der Waals surface area contributed by atoms with E-state index < -0.39 is 6.03 Å². The van der Waals surface area contributed by atoms with Crippen LogP contribution in [0.5, 0.6) is 0 Å². The van der Waals surface area contributed by atoms with E-state index in [0.717, 1.165) is 22.5 Å². The maximum absolute atomic E-state index is 12.6. The van der Waals surface area contributed by atoms with Crippen LogP contribution in [-0.2, 0) is 0 Å². The average Bonchev–Trinajstić information content (AvgIpc) is 2.98. The van der Waals surface area contributed by atoms with Crippen LogP contribution in [0.3, 0.4) is 0 Å². The van der Waals surface area contributed by atoms with Crippen molar-refractivity contribution in [1.29, 1.82) is 0 Å². The van der Waals surface area contributed by atoms with Crippen molar-refractivity contribution in [1.82, 2.24) is 4.98 Å². The van der Waals surface area contributed by atoms with Crippen molar-refractivity contribution < 1.29 is 9.59 Å². The Morgan fingerprint density at radius 3 is 2.39 bits per heavy atom. The topological polar surface area (TPSA) is 83.1 Å². The molecule has 0 atom stereocenters. The number of carbonyl (C=O) groups excluding carboxylic acids is 2. The van der Waals surface area contributed by atoms with E-state index in [1.165, 1.54) is 0 Å². The number of aromatic nitrogens is 1. The summed E-state index contributed by atoms with van der Waals surface area (Å²) in [5.41, 5.74) is 4.08. The van der Waals surface area contributed by atoms with Gasteiger partial charge < -0.3 is 10.6 Å². The zero-order valence-electron chi connectivity index (χ0n) is 15.6. The smallest absolute Gasteiger partial charge is 0.321 e. The molecule has 6 nitrogen and oxygen atoms in total. The summed E-state index contributed by atoms with van der Waals surface area (Å²) in [6, 6.07) is 12.1. The normalized spacial score (nSPS) is 10.4. The Kier molecular flexibility index (Phi) is 5.96. The van der Waals surface area contributed by atoms with Crippen molar-refractivity contribution in [3.05, 3.63) is 69.2 Å². The Bertz CT molecular complexity index is 1050. The maximum Gasteiger partial charge on any atom is 0.325 e. The number of halogens is 1. The van der Waals surface area contributed by atoms with Crippen molar-refractivity contribution >= 4 is 51.4 Å². The molecular formula is C20H19ClN4O2S. The van der Waals surface area contributed by atoms with E-state index in [0.29, 0.717) is 32.1 Å². The lowest BCUT2D eigenvalue weighted by Crippen LogP contribution is -2.19. The number of hydrogen-bond donors (Lipinski definition) is 3. The van der Waals surface area contributed by atoms with E-state index in [1.807, 2.05) is 32.0 Å². The summed E-state index contributed by atoms with van der Waals surface area (Å²) >= 11 is 7.02. The number of benzene rings is 2. The third-order valence-corrected chi connectivity index (χ3v) is 5.38. The molecule has 1 heterocycles. The summed E-state index contributed by atoms with van der Waals surface area (Å²) in [5, 5.41) is 9.04. The van der Waals surface area contributed by atoms with Gasteiger partial charge in [0.15, 0.2) is 5.13 Å². The highest BCUT2D eigenvalue weighted by Crippen LogP contribution is 2.25. The molecule has 3 amide bonds. The van der Waals surface area contributed by atoms with Gasteiger partial charge >= 0.3 is 6.03 Å². The zero-order chi connectivity index (χ0) is 20.3. The van der Waals surface area contributed by atoms with E-state index in [2.05, 4.69) is 20.9 Å². The second-order valence-corrected chi connectivity index (χ2v) is 7.71. The molecular weight excluding hydrogens is 396 g/mol. The first-order valence-corrected chi connectivity index (χ1v) is 9.71. The number of nitrogens with one attached hydrogen (secondary N) is 3. The van der Waals surface area contributed by atoms with Gasteiger partial charge in [0.25, 0.3) is 5.91 Å². The number of amides is 3. The largest absolute Gasteiger partial charge is 0.325 e. The van der Waals surface area contributed by atoms with E-state index in [1.54, 1.807) is 31.2 Å². The van der Waals surface area contributed by atoms with Crippen LogP contribution in [0.25, 0.3) is 0 Å². The molecule has 0 spiro atoms. The van der Waals surface area contributed by atoms with Crippen LogP contribution in [0.4, 0.5) is 21.3 Å². The standard InChI is InChI=1S/C20H19ClN4O2S/c1-11-7-8-16(9-12(11)2)23-18(26)17-13(3)22-20(28-17)25-19(27)24-15-6-4-5-14(21)10-15/h4-10H,1-3H3,(H,23,26)(H2,22,24,25,27). The molecule has 0 aliphatic carbocycles. The first kappa shape index (κ1) is 19.9. The summed E-state index contributed by atoms with van der Waals surface area (Å²) < 4.78 is 0. The van der Waals surface area contributed by atoms with Crippen LogP contribution in [0.1, 0.15) is 26.5 Å². The highest BCUT2D eigenvalue weighted by molar-refractivity contribution is 7.17. The highest BCUT2D eigenvalue weighted by Gasteiger charge is 2.17. The van der Waals surface area contributed by atoms with E-state index in [9.17, 15) is 9.59 Å². The predicted octanol–water partition coefficient (Wildman–Crippen LogP) is 5.62. The molecule has 28 heavy (non-hydrogen) atoms. The van der Waals surface area contributed by atoms with E-state index >= 15 is 0 Å². The quantitative estimate of drug-likeness (QED) is 0.518. The molecule has 0 saturated heterocycles. The van der Waals surface area contributed by atoms with Crippen molar-refractivity contribution in [2.75, 3.05) is 16.0 Å². The van der Waals surface area contributed by atoms with Gasteiger partial charge in [0.1, 0.15) is 4.88 Å². The molecule has 0 bridgehead atoms. The molecule has 0 saturated carbocycles. The van der Waals surface area contributed by atoms with Crippen molar-refractivity contribution in [2.45, 2.75) is 20.8 Å². The number of hydrogen-bond acceptors (Lipinski definition) is 4. The number of rotatable bonds is 4. The first-order chi connectivity index (χ1) is 13.3. The molecule has 1 aromatic heterocycles. The molecule has 3 rings (SSSR count). The van der Waals surface area contributed by atoms with Crippen LogP contribution >= 0.6 is 22.9 Å². The van der Waals surface area contributed by atoms with Crippen LogP contribution < -0.4 is 16.0 Å². The Labute approximate surface area is 172 Å². The van der Waals surface area contributed by atoms with Crippen molar-refractivity contribution in [3.8, 4) is 0 Å². The highest BCUT2D eigenvalue weighted by atomic mass is 35.5. The fourth-order valence-electron chi connectivity index (χ4n) is 2.49. The molecule has 0 aliphatic rings. The number of nitrogens with zero attached hydrogens (tertiary/aromatic N) is 1. The van der Waals surface area contributed by atoms with Gasteiger partial charge in [-0.3, -0.25) is 10.1 Å². The van der Waals surface area contributed by atoms with Gasteiger partial charge in [0.2, 0.25) is 0 Å². The lowest BCUT2D eigenvalue weighted by Gasteiger charge is -2.07. The number of anilines is 3. The first-order valence-electron chi connectivity index (χ1n) is 8.51. The number of urea groups is 1. The lowest BCUT2D eigenvalue weighted by atomic mass is 10.1. The van der Waals surface area contributed by atoms with Gasteiger partial charge in [-0.1, -0.05) is 35.1 Å². The van der Waals surface area contributed by atoms with Crippen LogP contribution in [0, 0.1) is 20.8 Å². The summed E-state index contributed by atoms with van der Waals surface area (Å²) in [4.78, 5) is 29.4. The monoisotopic (exact) mass is 414 g/mol. The van der Waals surface area contributed by atoms with Gasteiger partial charge in [-0.05, 0) is 62.2 Å². The Morgan fingerprint density at radius 1 is 0.929 bits per heavy atom. The molecule has 0 radical (unpaired) electrons. The second kappa shape index (κ2) is 8.41. The lowest BCUT2D eigenvalue weighted by molar-refractivity contribution is 0.103. The fraction of sp³-hybridized carbons (Fsp3) is 0.150. The molecule has 144 valence electrons. The van der Waals surface area contributed by atoms with Crippen molar-refractivity contribution in [2.24, 2.45) is 0 Å². The SMILES string of the molecule is Cc1ccc(NC(=O)c2sc(NC(=O)Nc3cccc(Cl)c3)nc2C)cc1C. The van der Waals surface area contributed by atoms with Crippen molar-refractivity contribution in [3.63, 3.8) is 0 Å². The number of carbonyl (C=O) groups is 2. The minimum atomic E-state index is -0.461. The minimum Gasteiger partial charge on any atom is -0.321 e. The molecule has 0 fully saturated rings. The van der Waals surface area contributed by atoms with Gasteiger partial charge in [0.05, 0.1) is 5.69 Å². The predicted molar refractivity (Wildman–Crippen MR) is 115 cm³/mol. The summed E-state index contributed by atoms with van der Waals surface area (Å²) in [6.45, 7) is 5.73. The third-order valence-electron chi connectivity index (χ3n) is 4.07. The number of thiazole rings is 1. The molecule has 3 N–H and O–H groups in total. The van der Waals surface area contributed by atoms with Crippen LogP contribution in [0.2, 0.25) is 5.02 Å². The summed E-state index contributed by atoms with van der Waals surface area (Å²) in [7, 11) is 0. The van der Waals surface area contributed by atoms with Gasteiger partial charge in [0, 0.05) is 16.4 Å². The molecule has 3 aromatic rings. The Morgan fingerprint density at radius 2 is 1.68 bits per heavy atom. The van der Waals surface area contributed by atoms with Gasteiger partial charge in [-0.25, -0.2) is 9.78 Å². The Balaban J connectivity index is 1.67. The minimum absolute atomic E-state index is 0.262. The molecule has 2 aromatic carbocycles. The summed E-state index contributed by atoms with van der Waals surface area (Å²) in [5.74, 6) is -0.262. The maximum atomic E-state index is 12.6. The fourth-order valence-corrected chi connectivity index (χ4v) is 3.54. The van der Waals surface area contributed by atoms with Gasteiger partial charge in [-0.2, -0.15) is 0 Å². The molecule has 8 heteroatoms. The molecule has 0 aliphatic heterocycles. The van der Waals surface area contributed by atoms with Gasteiger partial charge in [-0.15, -0.1) is 0 Å². The third kappa shape index (κ3) is 4.88. The average molecular weight is 415 g/mol. The Hall–Kier alpha value is -2.90. The van der Waals surface area contributed by atoms with Crippen LogP contribution in [0.15, 0.2) is 42.5 Å².